The summed E-state index contributed by atoms with van der Waals surface area (Å²) in [6, 6.07) is 13.0. The normalized spacial score (nSPS) is 12.2. The van der Waals surface area contributed by atoms with Crippen molar-refractivity contribution < 1.29 is 9.30 Å². The van der Waals surface area contributed by atoms with E-state index in [1.807, 2.05) is 18.3 Å². The molecule has 1 heterocycles. The van der Waals surface area contributed by atoms with Crippen LogP contribution in [0.3, 0.4) is 0 Å². The molecule has 0 saturated carbocycles. The molecule has 3 rings (SSSR count). The van der Waals surface area contributed by atoms with Gasteiger partial charge < -0.3 is 4.74 Å². The lowest BCUT2D eigenvalue weighted by molar-refractivity contribution is -0.664. The first-order valence-corrected chi connectivity index (χ1v) is 7.62. The second kappa shape index (κ2) is 5.25. The third kappa shape index (κ3) is 2.08. The Hall–Kier alpha value is -1.87. The average Bonchev–Trinajstić information content (AvgIpc) is 2.84. The molecule has 102 valence electrons. The lowest BCUT2D eigenvalue weighted by Gasteiger charge is -1.98. The van der Waals surface area contributed by atoms with E-state index in [-0.39, 0.29) is 0 Å². The molecule has 0 N–H and O–H groups in total. The molecule has 0 unspecified atom stereocenters. The quantitative estimate of drug-likeness (QED) is 0.514. The zero-order valence-electron chi connectivity index (χ0n) is 12.0. The Labute approximate surface area is 122 Å². The monoisotopic (exact) mass is 284 g/mol. The minimum absolute atomic E-state index is 0.933. The topological polar surface area (TPSA) is 13.1 Å². The van der Waals surface area contributed by atoms with E-state index in [9.17, 15) is 0 Å². The van der Waals surface area contributed by atoms with Crippen LogP contribution in [0.25, 0.3) is 27.1 Å². The smallest absolute Gasteiger partial charge is 0.266 e. The molecule has 3 aromatic rings. The number of ether oxygens (including phenoxy) is 1. The summed E-state index contributed by atoms with van der Waals surface area (Å²) < 4.78 is 8.98. The molecular formula is C17H18NOS+. The Morgan fingerprint density at radius 2 is 2.05 bits per heavy atom. The molecule has 0 amide bonds. The van der Waals surface area contributed by atoms with Gasteiger partial charge in [0.25, 0.3) is 5.01 Å². The van der Waals surface area contributed by atoms with Gasteiger partial charge in [-0.25, -0.2) is 0 Å². The van der Waals surface area contributed by atoms with Crippen molar-refractivity contribution in [2.24, 2.45) is 0 Å². The van der Waals surface area contributed by atoms with Crippen molar-refractivity contribution in [1.82, 2.24) is 0 Å². The molecule has 0 aliphatic heterocycles. The van der Waals surface area contributed by atoms with Crippen LogP contribution in [0.5, 0.6) is 0 Å². The second-order valence-electron chi connectivity index (χ2n) is 4.78. The van der Waals surface area contributed by atoms with Crippen LogP contribution >= 0.6 is 11.3 Å². The summed E-state index contributed by atoms with van der Waals surface area (Å²) in [6.07, 6.45) is 2.11. The highest BCUT2D eigenvalue weighted by molar-refractivity contribution is 7.19. The third-order valence-electron chi connectivity index (χ3n) is 3.58. The summed E-state index contributed by atoms with van der Waals surface area (Å²) in [5.41, 5.74) is 1.32. The molecule has 2 nitrogen and oxygen atoms in total. The Bertz CT molecular complexity index is 801. The standard InChI is InChI=1S/C17H18NOS/c1-4-18-16(11-12(2)19-3)20-15-10-9-13-7-5-6-8-14(13)17(15)18/h5-11H,4H2,1-3H3/q+1/b12-11+. The number of hydrogen-bond acceptors (Lipinski definition) is 2. The van der Waals surface area contributed by atoms with E-state index in [0.717, 1.165) is 12.3 Å². The van der Waals surface area contributed by atoms with E-state index in [1.165, 1.54) is 26.0 Å². The number of nitrogens with zero attached hydrogens (tertiary/aromatic N) is 1. The minimum atomic E-state index is 0.933. The van der Waals surface area contributed by atoms with Crippen LogP contribution in [-0.2, 0) is 11.3 Å². The maximum absolute atomic E-state index is 5.29. The number of aryl methyl sites for hydroxylation is 1. The van der Waals surface area contributed by atoms with E-state index in [1.54, 1.807) is 7.11 Å². The Balaban J connectivity index is 2.37. The van der Waals surface area contributed by atoms with Crippen LogP contribution in [0.15, 0.2) is 42.2 Å². The highest BCUT2D eigenvalue weighted by Crippen LogP contribution is 2.29. The number of aromatic nitrogens is 1. The van der Waals surface area contributed by atoms with Crippen molar-refractivity contribution in [2.45, 2.75) is 20.4 Å². The van der Waals surface area contributed by atoms with Gasteiger partial charge in [-0.3, -0.25) is 0 Å². The number of hydrogen-bond donors (Lipinski definition) is 0. The van der Waals surface area contributed by atoms with Crippen LogP contribution < -0.4 is 4.57 Å². The first-order valence-electron chi connectivity index (χ1n) is 6.81. The van der Waals surface area contributed by atoms with Crippen molar-refractivity contribution in [3.8, 4) is 0 Å². The van der Waals surface area contributed by atoms with E-state index in [0.29, 0.717) is 0 Å². The van der Waals surface area contributed by atoms with Crippen molar-refractivity contribution in [2.75, 3.05) is 7.11 Å². The molecular weight excluding hydrogens is 266 g/mol. The number of allylic oxidation sites excluding steroid dienone is 1. The van der Waals surface area contributed by atoms with Crippen molar-refractivity contribution in [3.63, 3.8) is 0 Å². The Kier molecular flexibility index (Phi) is 3.45. The number of thiazole rings is 1. The van der Waals surface area contributed by atoms with E-state index in [4.69, 9.17) is 4.74 Å². The summed E-state index contributed by atoms with van der Waals surface area (Å²) in [6.45, 7) is 5.13. The maximum atomic E-state index is 5.29. The van der Waals surface area contributed by atoms with Crippen LogP contribution in [0.4, 0.5) is 0 Å². The zero-order chi connectivity index (χ0) is 14.1. The van der Waals surface area contributed by atoms with Gasteiger partial charge in [0, 0.05) is 0 Å². The molecule has 0 atom stereocenters. The van der Waals surface area contributed by atoms with Crippen LogP contribution in [0, 0.1) is 0 Å². The summed E-state index contributed by atoms with van der Waals surface area (Å²) in [5.74, 6) is 0.933. The Morgan fingerprint density at radius 3 is 2.80 bits per heavy atom. The maximum Gasteiger partial charge on any atom is 0.266 e. The lowest BCUT2D eigenvalue weighted by atomic mass is 10.1. The van der Waals surface area contributed by atoms with Gasteiger partial charge in [-0.15, -0.1) is 0 Å². The molecule has 0 aliphatic rings. The second-order valence-corrected chi connectivity index (χ2v) is 5.84. The molecule has 0 fully saturated rings. The van der Waals surface area contributed by atoms with Crippen LogP contribution in [-0.4, -0.2) is 7.11 Å². The van der Waals surface area contributed by atoms with Gasteiger partial charge >= 0.3 is 0 Å². The highest BCUT2D eigenvalue weighted by Gasteiger charge is 2.20. The predicted molar refractivity (Wildman–Crippen MR) is 85.9 cm³/mol. The lowest BCUT2D eigenvalue weighted by Crippen LogP contribution is -2.33. The van der Waals surface area contributed by atoms with Gasteiger partial charge in [0.15, 0.2) is 0 Å². The van der Waals surface area contributed by atoms with Gasteiger partial charge in [0.05, 0.1) is 24.3 Å². The molecule has 0 spiro atoms. The number of methoxy groups -OCH3 is 1. The fraction of sp³-hybridized carbons (Fsp3) is 0.235. The summed E-state index contributed by atoms with van der Waals surface area (Å²) >= 11 is 1.81. The van der Waals surface area contributed by atoms with Gasteiger partial charge in [-0.2, -0.15) is 4.57 Å². The van der Waals surface area contributed by atoms with Crippen molar-refractivity contribution >= 4 is 38.4 Å². The molecule has 0 aliphatic carbocycles. The number of benzene rings is 2. The van der Waals surface area contributed by atoms with Crippen molar-refractivity contribution in [3.05, 3.63) is 47.2 Å². The van der Waals surface area contributed by atoms with E-state index in [2.05, 4.69) is 54.0 Å². The molecule has 1 aromatic heterocycles. The molecule has 0 bridgehead atoms. The third-order valence-corrected chi connectivity index (χ3v) is 4.68. The van der Waals surface area contributed by atoms with Crippen molar-refractivity contribution in [1.29, 1.82) is 0 Å². The number of rotatable bonds is 3. The molecule has 2 aromatic carbocycles. The molecule has 0 radical (unpaired) electrons. The highest BCUT2D eigenvalue weighted by atomic mass is 32.1. The SMILES string of the molecule is CC[n+]1c(/C=C(\C)OC)sc2ccc3ccccc3c21. The first-order chi connectivity index (χ1) is 9.74. The largest absolute Gasteiger partial charge is 0.501 e. The summed E-state index contributed by atoms with van der Waals surface area (Å²) in [7, 11) is 1.71. The van der Waals surface area contributed by atoms with Crippen LogP contribution in [0.1, 0.15) is 18.9 Å². The fourth-order valence-electron chi connectivity index (χ4n) is 2.53. The van der Waals surface area contributed by atoms with Gasteiger partial charge in [0.2, 0.25) is 5.52 Å². The average molecular weight is 284 g/mol. The van der Waals surface area contributed by atoms with E-state index >= 15 is 0 Å². The predicted octanol–water partition coefficient (Wildman–Crippen LogP) is 4.37. The fourth-order valence-corrected chi connectivity index (χ4v) is 3.76. The summed E-state index contributed by atoms with van der Waals surface area (Å²) in [4.78, 5) is 0. The molecule has 3 heteroatoms. The zero-order valence-corrected chi connectivity index (χ0v) is 12.8. The van der Waals surface area contributed by atoms with Crippen LogP contribution in [0.2, 0.25) is 0 Å². The van der Waals surface area contributed by atoms with Gasteiger partial charge in [0.1, 0.15) is 11.2 Å². The minimum Gasteiger partial charge on any atom is -0.501 e. The van der Waals surface area contributed by atoms with E-state index < -0.39 is 0 Å². The van der Waals surface area contributed by atoms with Gasteiger partial charge in [-0.1, -0.05) is 35.6 Å². The molecule has 20 heavy (non-hydrogen) atoms. The number of fused-ring (bicyclic) bond motifs is 3. The van der Waals surface area contributed by atoms with Gasteiger partial charge in [-0.05, 0) is 31.4 Å². The first kappa shape index (κ1) is 13.1. The summed E-state index contributed by atoms with van der Waals surface area (Å²) in [5, 5.41) is 3.84. The molecule has 0 saturated heterocycles. The Morgan fingerprint density at radius 1 is 1.25 bits per heavy atom.